The second kappa shape index (κ2) is 8.28. The number of benzene rings is 1. The lowest BCUT2D eigenvalue weighted by atomic mass is 9.91. The van der Waals surface area contributed by atoms with Gasteiger partial charge in [-0.3, -0.25) is 4.79 Å². The topological polar surface area (TPSA) is 76.1 Å². The lowest BCUT2D eigenvalue weighted by Crippen LogP contribution is -2.54. The van der Waals surface area contributed by atoms with E-state index < -0.39 is 11.6 Å². The predicted octanol–water partition coefficient (Wildman–Crippen LogP) is 2.27. The lowest BCUT2D eigenvalue weighted by molar-refractivity contribution is -0.161. The second-order valence-electron chi connectivity index (χ2n) is 5.68. The molecular weight excluding hydrogens is 330 g/mol. The van der Waals surface area contributed by atoms with Gasteiger partial charge in [-0.2, -0.15) is 11.8 Å². The molecule has 1 aromatic rings. The van der Waals surface area contributed by atoms with Crippen LogP contribution in [0.1, 0.15) is 19.3 Å². The van der Waals surface area contributed by atoms with Gasteiger partial charge in [0.25, 0.3) is 0 Å². The normalized spacial score (nSPS) is 16.5. The summed E-state index contributed by atoms with van der Waals surface area (Å²) in [5.41, 5.74) is -1.33. The number of methoxy groups -OCH3 is 1. The van der Waals surface area contributed by atoms with E-state index in [2.05, 4.69) is 0 Å². The number of carbonyl (C=O) groups is 2. The number of nitrogens with zero attached hydrogens (tertiary/aromatic N) is 1. The first-order valence-electron chi connectivity index (χ1n) is 7.84. The van der Waals surface area contributed by atoms with E-state index in [1.54, 1.807) is 40.9 Å². The summed E-state index contributed by atoms with van der Waals surface area (Å²) in [6.45, 7) is 0.767. The van der Waals surface area contributed by atoms with Crippen molar-refractivity contribution in [2.75, 3.05) is 32.2 Å². The van der Waals surface area contributed by atoms with Crippen molar-refractivity contribution in [2.24, 2.45) is 0 Å². The Bertz CT molecular complexity index is 584. The molecule has 0 unspecified atom stereocenters. The van der Waals surface area contributed by atoms with Gasteiger partial charge in [-0.15, -0.1) is 0 Å². The average molecular weight is 353 g/mol. The largest absolute Gasteiger partial charge is 0.493 e. The number of thioether (sulfide) groups is 1. The van der Waals surface area contributed by atoms with Gasteiger partial charge >= 0.3 is 5.97 Å². The number of carbonyl (C=O) groups excluding carboxylic acids is 1. The van der Waals surface area contributed by atoms with Crippen molar-refractivity contribution in [3.8, 4) is 11.5 Å². The molecule has 0 spiro atoms. The number of hydrogen-bond donors (Lipinski definition) is 1. The molecule has 1 fully saturated rings. The number of carboxylic acid groups (broad SMARTS) is 1. The average Bonchev–Trinajstić information content (AvgIpc) is 2.60. The van der Waals surface area contributed by atoms with Crippen molar-refractivity contribution in [1.29, 1.82) is 0 Å². The Labute approximate surface area is 146 Å². The molecule has 6 nitrogen and oxygen atoms in total. The summed E-state index contributed by atoms with van der Waals surface area (Å²) >= 11 is 1.62. The Morgan fingerprint density at radius 1 is 1.25 bits per heavy atom. The van der Waals surface area contributed by atoms with Crippen LogP contribution in [0.25, 0.3) is 0 Å². The highest BCUT2D eigenvalue weighted by molar-refractivity contribution is 7.98. The molecule has 2 rings (SSSR count). The quantitative estimate of drug-likeness (QED) is 0.810. The number of ether oxygens (including phenoxy) is 2. The molecule has 1 aromatic carbocycles. The first kappa shape index (κ1) is 18.4. The van der Waals surface area contributed by atoms with E-state index in [0.29, 0.717) is 31.0 Å². The minimum absolute atomic E-state index is 0.0700. The Kier molecular flexibility index (Phi) is 6.36. The van der Waals surface area contributed by atoms with Crippen LogP contribution in [0.2, 0.25) is 0 Å². The van der Waals surface area contributed by atoms with Crippen LogP contribution < -0.4 is 9.47 Å². The summed E-state index contributed by atoms with van der Waals surface area (Å²) in [7, 11) is 1.52. The molecule has 132 valence electrons. The van der Waals surface area contributed by atoms with Gasteiger partial charge in [0.05, 0.1) is 7.11 Å². The standard InChI is InChI=1S/C17H23NO5S/c1-22-13-5-3-4-6-14(13)23-17(16(20)21)8-10-18(11-9-17)15(19)7-12-24-2/h3-6H,7-12H2,1-2H3,(H,20,21). The first-order chi connectivity index (χ1) is 11.5. The van der Waals surface area contributed by atoms with E-state index in [1.807, 2.05) is 6.26 Å². The minimum Gasteiger partial charge on any atom is -0.493 e. The van der Waals surface area contributed by atoms with Crippen LogP contribution in [0.3, 0.4) is 0 Å². The molecule has 1 aliphatic rings. The molecule has 24 heavy (non-hydrogen) atoms. The van der Waals surface area contributed by atoms with Crippen molar-refractivity contribution < 1.29 is 24.2 Å². The number of aliphatic carboxylic acids is 1. The number of amides is 1. The molecule has 1 N–H and O–H groups in total. The predicted molar refractivity (Wildman–Crippen MR) is 92.8 cm³/mol. The number of piperidine rings is 1. The van der Waals surface area contributed by atoms with Gasteiger partial charge in [0.2, 0.25) is 11.5 Å². The molecule has 0 atom stereocenters. The minimum atomic E-state index is -1.33. The van der Waals surface area contributed by atoms with Gasteiger partial charge in [-0.05, 0) is 18.4 Å². The van der Waals surface area contributed by atoms with Crippen molar-refractivity contribution in [3.63, 3.8) is 0 Å². The molecule has 0 aliphatic carbocycles. The maximum atomic E-state index is 12.1. The Balaban J connectivity index is 2.08. The van der Waals surface area contributed by atoms with E-state index in [9.17, 15) is 14.7 Å². The number of para-hydroxylation sites is 2. The third-order valence-electron chi connectivity index (χ3n) is 4.21. The molecule has 1 saturated heterocycles. The highest BCUT2D eigenvalue weighted by atomic mass is 32.2. The van der Waals surface area contributed by atoms with Crippen molar-refractivity contribution in [3.05, 3.63) is 24.3 Å². The number of carboxylic acids is 1. The molecule has 0 saturated carbocycles. The number of rotatable bonds is 7. The van der Waals surface area contributed by atoms with Gasteiger partial charge in [0.15, 0.2) is 11.5 Å². The van der Waals surface area contributed by atoms with E-state index in [-0.39, 0.29) is 18.7 Å². The first-order valence-corrected chi connectivity index (χ1v) is 9.24. The van der Waals surface area contributed by atoms with Gasteiger partial charge in [0, 0.05) is 38.1 Å². The summed E-state index contributed by atoms with van der Waals surface area (Å²) in [5.74, 6) is 0.739. The third kappa shape index (κ3) is 4.14. The van der Waals surface area contributed by atoms with Crippen LogP contribution in [-0.2, 0) is 9.59 Å². The SMILES string of the molecule is COc1ccccc1OC1(C(=O)O)CCN(C(=O)CCSC)CC1. The Hall–Kier alpha value is -1.89. The summed E-state index contributed by atoms with van der Waals surface area (Å²) in [5, 5.41) is 9.71. The molecule has 0 bridgehead atoms. The van der Waals surface area contributed by atoms with Crippen LogP contribution in [0.4, 0.5) is 0 Å². The van der Waals surface area contributed by atoms with Gasteiger partial charge < -0.3 is 19.5 Å². The maximum absolute atomic E-state index is 12.1. The zero-order valence-corrected chi connectivity index (χ0v) is 14.8. The molecule has 1 aliphatic heterocycles. The highest BCUT2D eigenvalue weighted by Gasteiger charge is 2.45. The zero-order valence-electron chi connectivity index (χ0n) is 14.0. The van der Waals surface area contributed by atoms with Crippen molar-refractivity contribution >= 4 is 23.6 Å². The molecule has 7 heteroatoms. The van der Waals surface area contributed by atoms with Crippen molar-refractivity contribution in [1.82, 2.24) is 4.90 Å². The van der Waals surface area contributed by atoms with Crippen LogP contribution in [0.15, 0.2) is 24.3 Å². The molecular formula is C17H23NO5S. The number of hydrogen-bond acceptors (Lipinski definition) is 5. The lowest BCUT2D eigenvalue weighted by Gasteiger charge is -2.39. The monoisotopic (exact) mass is 353 g/mol. The fourth-order valence-electron chi connectivity index (χ4n) is 2.74. The van der Waals surface area contributed by atoms with Gasteiger partial charge in [-0.1, -0.05) is 12.1 Å². The summed E-state index contributed by atoms with van der Waals surface area (Å²) in [4.78, 5) is 25.7. The van der Waals surface area contributed by atoms with E-state index in [4.69, 9.17) is 9.47 Å². The van der Waals surface area contributed by atoms with Gasteiger partial charge in [0.1, 0.15) is 0 Å². The zero-order chi connectivity index (χ0) is 17.6. The smallest absolute Gasteiger partial charge is 0.348 e. The van der Waals surface area contributed by atoms with E-state index in [0.717, 1.165) is 5.75 Å². The van der Waals surface area contributed by atoms with Crippen LogP contribution in [-0.4, -0.2) is 59.7 Å². The van der Waals surface area contributed by atoms with E-state index >= 15 is 0 Å². The molecule has 1 heterocycles. The molecule has 0 aromatic heterocycles. The highest BCUT2D eigenvalue weighted by Crippen LogP contribution is 2.34. The summed E-state index contributed by atoms with van der Waals surface area (Å²) < 4.78 is 11.1. The van der Waals surface area contributed by atoms with Crippen LogP contribution in [0.5, 0.6) is 11.5 Å². The Morgan fingerprint density at radius 3 is 2.42 bits per heavy atom. The fraction of sp³-hybridized carbons (Fsp3) is 0.529. The Morgan fingerprint density at radius 2 is 1.88 bits per heavy atom. The molecule has 1 amide bonds. The van der Waals surface area contributed by atoms with Crippen molar-refractivity contribution in [2.45, 2.75) is 24.9 Å². The van der Waals surface area contributed by atoms with E-state index in [1.165, 1.54) is 7.11 Å². The maximum Gasteiger partial charge on any atom is 0.348 e. The summed E-state index contributed by atoms with van der Waals surface area (Å²) in [6.07, 6.45) is 2.95. The number of likely N-dealkylation sites (tertiary alicyclic amines) is 1. The fourth-order valence-corrected chi connectivity index (χ4v) is 3.12. The second-order valence-corrected chi connectivity index (χ2v) is 6.66. The summed E-state index contributed by atoms with van der Waals surface area (Å²) in [6, 6.07) is 6.99. The van der Waals surface area contributed by atoms with Gasteiger partial charge in [-0.25, -0.2) is 4.79 Å². The third-order valence-corrected chi connectivity index (χ3v) is 4.82. The van der Waals surface area contributed by atoms with Crippen LogP contribution >= 0.6 is 11.8 Å². The molecule has 0 radical (unpaired) electrons. The van der Waals surface area contributed by atoms with Crippen LogP contribution in [0, 0.1) is 0 Å².